The van der Waals surface area contributed by atoms with Crippen LogP contribution in [0.2, 0.25) is 0 Å². The summed E-state index contributed by atoms with van der Waals surface area (Å²) in [5.41, 5.74) is -1.28. The van der Waals surface area contributed by atoms with Gasteiger partial charge in [0.1, 0.15) is 11.6 Å². The fourth-order valence-electron chi connectivity index (χ4n) is 3.36. The van der Waals surface area contributed by atoms with Crippen molar-refractivity contribution in [1.82, 2.24) is 0 Å². The average Bonchev–Trinajstić information content (AvgIpc) is 2.39. The third-order valence-electron chi connectivity index (χ3n) is 5.26. The van der Waals surface area contributed by atoms with Gasteiger partial charge in [-0.05, 0) is 49.1 Å². The molecule has 1 N–H and O–H groups in total. The fourth-order valence-corrected chi connectivity index (χ4v) is 3.36. The van der Waals surface area contributed by atoms with Crippen molar-refractivity contribution in [3.05, 3.63) is 35.4 Å². The Labute approximate surface area is 120 Å². The highest BCUT2D eigenvalue weighted by atomic mass is 19.1. The van der Waals surface area contributed by atoms with Crippen LogP contribution in [-0.2, 0) is 5.60 Å². The number of aliphatic hydroxyl groups is 1. The van der Waals surface area contributed by atoms with E-state index in [1.54, 1.807) is 0 Å². The lowest BCUT2D eigenvalue weighted by Crippen LogP contribution is -2.37. The molecular weight excluding hydrogens is 258 g/mol. The molecule has 1 saturated carbocycles. The maximum Gasteiger partial charge on any atom is 0.132 e. The third-order valence-corrected chi connectivity index (χ3v) is 5.26. The second kappa shape index (κ2) is 5.44. The SMILES string of the molecule is CCC(C)(C)C1CCC(O)(c2c(F)cccc2F)CC1. The van der Waals surface area contributed by atoms with Crippen molar-refractivity contribution in [1.29, 1.82) is 0 Å². The monoisotopic (exact) mass is 282 g/mol. The molecule has 1 aliphatic carbocycles. The highest BCUT2D eigenvalue weighted by molar-refractivity contribution is 5.27. The summed E-state index contributed by atoms with van der Waals surface area (Å²) in [7, 11) is 0. The minimum absolute atomic E-state index is 0.146. The first-order valence-electron chi connectivity index (χ1n) is 7.47. The molecule has 1 fully saturated rings. The van der Waals surface area contributed by atoms with Crippen LogP contribution in [-0.4, -0.2) is 5.11 Å². The molecular formula is C17H24F2O. The minimum Gasteiger partial charge on any atom is -0.385 e. The molecule has 0 saturated heterocycles. The van der Waals surface area contributed by atoms with Crippen LogP contribution in [0, 0.1) is 23.0 Å². The van der Waals surface area contributed by atoms with Crippen LogP contribution in [0.25, 0.3) is 0 Å². The smallest absolute Gasteiger partial charge is 0.132 e. The van der Waals surface area contributed by atoms with Gasteiger partial charge in [0, 0.05) is 0 Å². The topological polar surface area (TPSA) is 20.2 Å². The molecule has 1 aromatic carbocycles. The molecule has 0 bridgehead atoms. The molecule has 0 heterocycles. The van der Waals surface area contributed by atoms with Crippen molar-refractivity contribution in [2.75, 3.05) is 0 Å². The van der Waals surface area contributed by atoms with Gasteiger partial charge in [0.25, 0.3) is 0 Å². The van der Waals surface area contributed by atoms with E-state index in [1.165, 1.54) is 18.2 Å². The van der Waals surface area contributed by atoms with E-state index in [4.69, 9.17) is 0 Å². The zero-order valence-electron chi connectivity index (χ0n) is 12.5. The Hall–Kier alpha value is -0.960. The standard InChI is InChI=1S/C17H24F2O/c1-4-16(2,3)12-8-10-17(20,11-9-12)15-13(18)6-5-7-14(15)19/h5-7,12,20H,4,8-11H2,1-3H3. The van der Waals surface area contributed by atoms with Gasteiger partial charge < -0.3 is 5.11 Å². The molecule has 0 amide bonds. The Balaban J connectivity index is 2.20. The Morgan fingerprint density at radius 2 is 1.70 bits per heavy atom. The van der Waals surface area contributed by atoms with Crippen molar-refractivity contribution in [3.8, 4) is 0 Å². The van der Waals surface area contributed by atoms with E-state index in [2.05, 4.69) is 20.8 Å². The number of hydrogen-bond acceptors (Lipinski definition) is 1. The lowest BCUT2D eigenvalue weighted by molar-refractivity contribution is -0.0377. The van der Waals surface area contributed by atoms with Gasteiger partial charge in [0.2, 0.25) is 0 Å². The van der Waals surface area contributed by atoms with Crippen LogP contribution in [0.4, 0.5) is 8.78 Å². The number of halogens is 2. The highest BCUT2D eigenvalue weighted by Gasteiger charge is 2.42. The molecule has 1 aliphatic rings. The van der Waals surface area contributed by atoms with Crippen LogP contribution < -0.4 is 0 Å². The van der Waals surface area contributed by atoms with Gasteiger partial charge in [-0.25, -0.2) is 8.78 Å². The normalized spacial score (nSPS) is 27.6. The van der Waals surface area contributed by atoms with E-state index in [1.807, 2.05) is 0 Å². The Morgan fingerprint density at radius 3 is 2.15 bits per heavy atom. The predicted octanol–water partition coefficient (Wildman–Crippen LogP) is 4.78. The zero-order chi connectivity index (χ0) is 15.0. The summed E-state index contributed by atoms with van der Waals surface area (Å²) in [4.78, 5) is 0. The molecule has 0 unspecified atom stereocenters. The van der Waals surface area contributed by atoms with Crippen molar-refractivity contribution in [2.24, 2.45) is 11.3 Å². The Kier molecular flexibility index (Phi) is 4.19. The Bertz CT molecular complexity index is 454. The van der Waals surface area contributed by atoms with Crippen LogP contribution in [0.1, 0.15) is 58.4 Å². The molecule has 0 radical (unpaired) electrons. The van der Waals surface area contributed by atoms with Gasteiger partial charge in [-0.1, -0.05) is 33.3 Å². The molecule has 20 heavy (non-hydrogen) atoms. The molecule has 2 rings (SSSR count). The first-order valence-corrected chi connectivity index (χ1v) is 7.47. The third kappa shape index (κ3) is 2.73. The average molecular weight is 282 g/mol. The lowest BCUT2D eigenvalue weighted by atomic mass is 9.65. The maximum absolute atomic E-state index is 13.9. The molecule has 0 spiro atoms. The van der Waals surface area contributed by atoms with Crippen molar-refractivity contribution in [2.45, 2.75) is 58.5 Å². The second-order valence-electron chi connectivity index (χ2n) is 6.74. The summed E-state index contributed by atoms with van der Waals surface area (Å²) in [6, 6.07) is 3.78. The van der Waals surface area contributed by atoms with E-state index < -0.39 is 17.2 Å². The second-order valence-corrected chi connectivity index (χ2v) is 6.74. The van der Waals surface area contributed by atoms with Gasteiger partial charge in [-0.2, -0.15) is 0 Å². The summed E-state index contributed by atoms with van der Waals surface area (Å²) < 4.78 is 27.8. The number of hydrogen-bond donors (Lipinski definition) is 1. The van der Waals surface area contributed by atoms with E-state index in [-0.39, 0.29) is 11.0 Å². The van der Waals surface area contributed by atoms with E-state index in [0.717, 1.165) is 19.3 Å². The van der Waals surface area contributed by atoms with Gasteiger partial charge in [0.05, 0.1) is 11.2 Å². The van der Waals surface area contributed by atoms with Gasteiger partial charge in [-0.15, -0.1) is 0 Å². The quantitative estimate of drug-likeness (QED) is 0.846. The van der Waals surface area contributed by atoms with E-state index in [9.17, 15) is 13.9 Å². The summed E-state index contributed by atoms with van der Waals surface area (Å²) in [6.45, 7) is 6.62. The van der Waals surface area contributed by atoms with Gasteiger partial charge >= 0.3 is 0 Å². The lowest BCUT2D eigenvalue weighted by Gasteiger charge is -2.42. The van der Waals surface area contributed by atoms with Crippen LogP contribution in [0.5, 0.6) is 0 Å². The minimum atomic E-state index is -1.35. The van der Waals surface area contributed by atoms with Crippen LogP contribution in [0.15, 0.2) is 18.2 Å². The van der Waals surface area contributed by atoms with Gasteiger partial charge in [0.15, 0.2) is 0 Å². The molecule has 112 valence electrons. The molecule has 0 atom stereocenters. The first kappa shape index (κ1) is 15.4. The van der Waals surface area contributed by atoms with Crippen molar-refractivity contribution >= 4 is 0 Å². The van der Waals surface area contributed by atoms with Crippen molar-refractivity contribution < 1.29 is 13.9 Å². The van der Waals surface area contributed by atoms with Crippen LogP contribution in [0.3, 0.4) is 0 Å². The molecule has 3 heteroatoms. The fraction of sp³-hybridized carbons (Fsp3) is 0.647. The summed E-state index contributed by atoms with van der Waals surface area (Å²) in [6.07, 6.45) is 3.55. The van der Waals surface area contributed by atoms with Crippen LogP contribution >= 0.6 is 0 Å². The van der Waals surface area contributed by atoms with E-state index >= 15 is 0 Å². The van der Waals surface area contributed by atoms with E-state index in [0.29, 0.717) is 18.8 Å². The Morgan fingerprint density at radius 1 is 1.20 bits per heavy atom. The highest BCUT2D eigenvalue weighted by Crippen LogP contribution is 2.47. The van der Waals surface area contributed by atoms with Gasteiger partial charge in [-0.3, -0.25) is 0 Å². The number of rotatable bonds is 3. The maximum atomic E-state index is 13.9. The summed E-state index contributed by atoms with van der Waals surface area (Å²) >= 11 is 0. The molecule has 0 aliphatic heterocycles. The zero-order valence-corrected chi connectivity index (χ0v) is 12.5. The summed E-state index contributed by atoms with van der Waals surface area (Å²) in [5, 5.41) is 10.7. The van der Waals surface area contributed by atoms with Crippen molar-refractivity contribution in [3.63, 3.8) is 0 Å². The largest absolute Gasteiger partial charge is 0.385 e. The molecule has 0 aromatic heterocycles. The first-order chi connectivity index (χ1) is 9.30. The molecule has 1 nitrogen and oxygen atoms in total. The molecule has 1 aromatic rings. The summed E-state index contributed by atoms with van der Waals surface area (Å²) in [5.74, 6) is -0.774. The number of benzene rings is 1. The predicted molar refractivity (Wildman–Crippen MR) is 76.3 cm³/mol.